The fraction of sp³-hybridized carbons (Fsp3) is 0.143. The lowest BCUT2D eigenvalue weighted by molar-refractivity contribution is 0.415. The molecule has 0 aliphatic heterocycles. The number of nitrogens with one attached hydrogen (secondary N) is 1. The van der Waals surface area contributed by atoms with Gasteiger partial charge in [0.15, 0.2) is 0 Å². The van der Waals surface area contributed by atoms with Crippen LogP contribution in [0.2, 0.25) is 0 Å². The van der Waals surface area contributed by atoms with Gasteiger partial charge in [0.1, 0.15) is 17.1 Å². The van der Waals surface area contributed by atoms with Crippen molar-refractivity contribution >= 4 is 21.9 Å². The van der Waals surface area contributed by atoms with Gasteiger partial charge < -0.3 is 4.74 Å². The van der Waals surface area contributed by atoms with Crippen LogP contribution in [0.1, 0.15) is 5.56 Å². The van der Waals surface area contributed by atoms with Crippen molar-refractivity contribution in [2.24, 2.45) is 0 Å². The highest BCUT2D eigenvalue weighted by Crippen LogP contribution is 2.22. The van der Waals surface area contributed by atoms with E-state index in [1.807, 2.05) is 0 Å². The second kappa shape index (κ2) is 6.31. The van der Waals surface area contributed by atoms with Crippen molar-refractivity contribution in [2.75, 3.05) is 7.11 Å². The first-order chi connectivity index (χ1) is 11.1. The smallest absolute Gasteiger partial charge is 0.201 e. The van der Waals surface area contributed by atoms with Gasteiger partial charge in [0.2, 0.25) is 10.9 Å². The standard InChI is InChI=1S/C14H13FN4O3S/c1-22-11-4-5-14-13(7-11)17-18-19(14)10-3-2-9(12(15)6-10)8-16-23(20)21/h2-7,23H,8H2,1H3,(H,16,20,21). The molecule has 0 unspecified atom stereocenters. The molecular weight excluding hydrogens is 323 g/mol. The summed E-state index contributed by atoms with van der Waals surface area (Å²) in [5, 5.41) is 8.05. The largest absolute Gasteiger partial charge is 0.497 e. The molecule has 23 heavy (non-hydrogen) atoms. The van der Waals surface area contributed by atoms with Gasteiger partial charge in [-0.1, -0.05) is 11.3 Å². The minimum Gasteiger partial charge on any atom is -0.497 e. The molecule has 3 rings (SSSR count). The predicted molar refractivity (Wildman–Crippen MR) is 82.5 cm³/mol. The first-order valence-corrected chi connectivity index (χ1v) is 7.82. The lowest BCUT2D eigenvalue weighted by Crippen LogP contribution is -2.12. The molecule has 2 aromatic carbocycles. The van der Waals surface area contributed by atoms with Crippen LogP contribution in [0.15, 0.2) is 36.4 Å². The van der Waals surface area contributed by atoms with Gasteiger partial charge in [-0.05, 0) is 24.3 Å². The zero-order valence-electron chi connectivity index (χ0n) is 12.1. The molecule has 120 valence electrons. The molecule has 0 amide bonds. The van der Waals surface area contributed by atoms with Crippen molar-refractivity contribution in [1.82, 2.24) is 19.7 Å². The molecule has 9 heteroatoms. The fourth-order valence-electron chi connectivity index (χ4n) is 2.18. The van der Waals surface area contributed by atoms with E-state index in [1.54, 1.807) is 31.4 Å². The molecule has 0 aliphatic carbocycles. The predicted octanol–water partition coefficient (Wildman–Crippen LogP) is 1.18. The maximum atomic E-state index is 14.1. The van der Waals surface area contributed by atoms with E-state index in [0.717, 1.165) is 0 Å². The number of fused-ring (bicyclic) bond motifs is 1. The highest BCUT2D eigenvalue weighted by Gasteiger charge is 2.10. The van der Waals surface area contributed by atoms with Crippen LogP contribution >= 0.6 is 0 Å². The van der Waals surface area contributed by atoms with E-state index in [2.05, 4.69) is 15.0 Å². The summed E-state index contributed by atoms with van der Waals surface area (Å²) in [6.45, 7) is -0.0971. The molecule has 0 radical (unpaired) electrons. The maximum Gasteiger partial charge on any atom is 0.201 e. The van der Waals surface area contributed by atoms with Gasteiger partial charge in [0.25, 0.3) is 0 Å². The van der Waals surface area contributed by atoms with Crippen LogP contribution in [0.25, 0.3) is 16.7 Å². The fourth-order valence-corrected chi connectivity index (χ4v) is 2.48. The van der Waals surface area contributed by atoms with E-state index >= 15 is 0 Å². The first-order valence-electron chi connectivity index (χ1n) is 6.64. The average molecular weight is 336 g/mol. The normalized spacial score (nSPS) is 11.3. The molecule has 0 saturated heterocycles. The Morgan fingerprint density at radius 3 is 2.78 bits per heavy atom. The Hall–Kier alpha value is -2.52. The van der Waals surface area contributed by atoms with Crippen LogP contribution in [0.5, 0.6) is 5.75 Å². The maximum absolute atomic E-state index is 14.1. The van der Waals surface area contributed by atoms with Crippen molar-refractivity contribution in [1.29, 1.82) is 0 Å². The van der Waals surface area contributed by atoms with Crippen molar-refractivity contribution in [3.8, 4) is 11.4 Å². The van der Waals surface area contributed by atoms with Gasteiger partial charge in [-0.15, -0.1) is 5.10 Å². The Balaban J connectivity index is 1.97. The topological polar surface area (TPSA) is 86.1 Å². The second-order valence-electron chi connectivity index (χ2n) is 4.72. The Labute approximate surface area is 132 Å². The molecule has 1 heterocycles. The van der Waals surface area contributed by atoms with Crippen molar-refractivity contribution in [2.45, 2.75) is 6.54 Å². The number of benzene rings is 2. The molecule has 0 aliphatic rings. The van der Waals surface area contributed by atoms with Crippen LogP contribution in [0, 0.1) is 5.82 Å². The molecule has 0 bridgehead atoms. The number of ether oxygens (including phenoxy) is 1. The molecule has 7 nitrogen and oxygen atoms in total. The summed E-state index contributed by atoms with van der Waals surface area (Å²) in [5.74, 6) is 0.132. The van der Waals surface area contributed by atoms with Crippen LogP contribution in [0.4, 0.5) is 4.39 Å². The third-order valence-corrected chi connectivity index (χ3v) is 3.75. The molecule has 0 atom stereocenters. The summed E-state index contributed by atoms with van der Waals surface area (Å²) < 4.78 is 43.9. The first kappa shape index (κ1) is 15.4. The van der Waals surface area contributed by atoms with Gasteiger partial charge in [0, 0.05) is 18.2 Å². The molecular formula is C14H13FN4O3S. The molecule has 0 spiro atoms. The Morgan fingerprint density at radius 1 is 1.26 bits per heavy atom. The zero-order valence-corrected chi connectivity index (χ0v) is 13.0. The van der Waals surface area contributed by atoms with Crippen LogP contribution in [0.3, 0.4) is 0 Å². The summed E-state index contributed by atoms with van der Waals surface area (Å²) in [5.41, 5.74) is 2.07. The number of halogens is 1. The number of hydrogen-bond donors (Lipinski definition) is 2. The molecule has 1 aromatic heterocycles. The minimum absolute atomic E-state index is 0.0971. The van der Waals surface area contributed by atoms with Crippen molar-refractivity contribution in [3.05, 3.63) is 47.8 Å². The van der Waals surface area contributed by atoms with Gasteiger partial charge in [-0.25, -0.2) is 22.2 Å². The van der Waals surface area contributed by atoms with Crippen molar-refractivity contribution in [3.63, 3.8) is 0 Å². The van der Waals surface area contributed by atoms with E-state index in [4.69, 9.17) is 4.74 Å². The number of rotatable bonds is 5. The van der Waals surface area contributed by atoms with E-state index in [-0.39, 0.29) is 12.1 Å². The number of hydrogen-bond acceptors (Lipinski definition) is 5. The highest BCUT2D eigenvalue weighted by atomic mass is 32.2. The Bertz CT molecular complexity index is 931. The summed E-state index contributed by atoms with van der Waals surface area (Å²) in [4.78, 5) is 0. The summed E-state index contributed by atoms with van der Waals surface area (Å²) >= 11 is 0. The third kappa shape index (κ3) is 3.15. The third-order valence-electron chi connectivity index (χ3n) is 3.33. The van der Waals surface area contributed by atoms with Gasteiger partial charge in [-0.3, -0.25) is 0 Å². The number of thiol groups is 1. The Kier molecular flexibility index (Phi) is 4.22. The quantitative estimate of drug-likeness (QED) is 0.684. The summed E-state index contributed by atoms with van der Waals surface area (Å²) in [6.07, 6.45) is 0. The number of methoxy groups -OCH3 is 1. The van der Waals surface area contributed by atoms with E-state index in [0.29, 0.717) is 22.5 Å². The molecule has 1 N–H and O–H groups in total. The minimum atomic E-state index is -2.76. The van der Waals surface area contributed by atoms with Gasteiger partial charge in [0.05, 0.1) is 18.3 Å². The lowest BCUT2D eigenvalue weighted by atomic mass is 10.2. The SMILES string of the molecule is COc1ccc2c(c1)nnn2-c1ccc(CN[SH](=O)=O)c(F)c1. The van der Waals surface area contributed by atoms with Crippen LogP contribution in [-0.4, -0.2) is 30.5 Å². The summed E-state index contributed by atoms with van der Waals surface area (Å²) in [7, 11) is -1.21. The van der Waals surface area contributed by atoms with Crippen LogP contribution < -0.4 is 9.46 Å². The van der Waals surface area contributed by atoms with Crippen LogP contribution in [-0.2, 0) is 17.4 Å². The number of nitrogens with zero attached hydrogens (tertiary/aromatic N) is 3. The molecule has 0 fully saturated rings. The Morgan fingerprint density at radius 2 is 2.09 bits per heavy atom. The second-order valence-corrected chi connectivity index (χ2v) is 5.55. The molecule has 0 saturated carbocycles. The van der Waals surface area contributed by atoms with Gasteiger partial charge in [-0.2, -0.15) is 0 Å². The monoisotopic (exact) mass is 336 g/mol. The van der Waals surface area contributed by atoms with Gasteiger partial charge >= 0.3 is 0 Å². The zero-order chi connectivity index (χ0) is 16.4. The average Bonchev–Trinajstić information content (AvgIpc) is 2.96. The van der Waals surface area contributed by atoms with E-state index in [1.165, 1.54) is 16.8 Å². The highest BCUT2D eigenvalue weighted by molar-refractivity contribution is 7.70. The van der Waals surface area contributed by atoms with E-state index < -0.39 is 16.7 Å². The van der Waals surface area contributed by atoms with E-state index in [9.17, 15) is 12.8 Å². The lowest BCUT2D eigenvalue weighted by Gasteiger charge is -2.06. The number of aromatic nitrogens is 3. The van der Waals surface area contributed by atoms with Crippen molar-refractivity contribution < 1.29 is 17.5 Å². The summed E-state index contributed by atoms with van der Waals surface area (Å²) in [6, 6.07) is 9.72. The molecule has 3 aromatic rings.